The fraction of sp³-hybridized carbons (Fsp3) is 0.682. The zero-order valence-corrected chi connectivity index (χ0v) is 58.7. The lowest BCUT2D eigenvalue weighted by atomic mass is 10.0. The van der Waals surface area contributed by atoms with Gasteiger partial charge < -0.3 is 107 Å². The lowest BCUT2D eigenvalue weighted by molar-refractivity contribution is -0.151. The number of aromatic hydroxyl groups is 1. The van der Waals surface area contributed by atoms with E-state index < -0.39 is 149 Å². The third kappa shape index (κ3) is 23.0. The molecule has 0 bridgehead atoms. The van der Waals surface area contributed by atoms with Crippen molar-refractivity contribution >= 4 is 88.8 Å². The van der Waals surface area contributed by atoms with Crippen LogP contribution in [0.3, 0.4) is 0 Å². The number of carboxylic acids is 1. The smallest absolute Gasteiger partial charge is 0.326 e. The molecule has 560 valence electrons. The number of phenolic OH excluding ortho intramolecular Hbond substituents is 1. The molecule has 12 atom stereocenters. The first-order valence-electron chi connectivity index (χ1n) is 35.2. The normalized spacial score (nSPS) is 20.9. The summed E-state index contributed by atoms with van der Waals surface area (Å²) in [6.45, 7) is 9.84. The fourth-order valence-corrected chi connectivity index (χ4v) is 13.7. The number of carboxylic acid groups (broad SMARTS) is 1. The zero-order chi connectivity index (χ0) is 74.4. The van der Waals surface area contributed by atoms with Crippen molar-refractivity contribution in [3.63, 3.8) is 0 Å². The van der Waals surface area contributed by atoms with E-state index in [0.717, 1.165) is 0 Å². The molecule has 6 rings (SSSR count). The second-order valence-electron chi connectivity index (χ2n) is 27.4. The van der Waals surface area contributed by atoms with E-state index in [2.05, 4.69) is 46.9 Å². The fourth-order valence-electron chi connectivity index (χ4n) is 13.7. The Kier molecular flexibility index (Phi) is 30.5. The minimum Gasteiger partial charge on any atom is -0.508 e. The molecule has 0 aliphatic carbocycles. The van der Waals surface area contributed by atoms with Gasteiger partial charge in [0.1, 0.15) is 72.2 Å². The van der Waals surface area contributed by atoms with Crippen molar-refractivity contribution in [1.29, 1.82) is 0 Å². The molecule has 22 N–H and O–H groups in total. The van der Waals surface area contributed by atoms with E-state index in [1.54, 1.807) is 26.0 Å². The molecule has 0 unspecified atom stereocenters. The molecule has 5 aliphatic rings. The first-order valence-corrected chi connectivity index (χ1v) is 35.2. The van der Waals surface area contributed by atoms with E-state index in [9.17, 15) is 67.7 Å². The van der Waals surface area contributed by atoms with Crippen LogP contribution < -0.4 is 72.0 Å². The number of nitrogens with zero attached hydrogens (tertiary/aromatic N) is 8. The Morgan fingerprint density at radius 1 is 0.465 bits per heavy atom. The van der Waals surface area contributed by atoms with Crippen LogP contribution in [0.25, 0.3) is 0 Å². The van der Waals surface area contributed by atoms with E-state index in [4.69, 9.17) is 40.1 Å². The summed E-state index contributed by atoms with van der Waals surface area (Å²) in [4.78, 5) is 189. The number of nitrogens with two attached hydrogens (primary N) is 7. The predicted molar refractivity (Wildman–Crippen MR) is 372 cm³/mol. The van der Waals surface area contributed by atoms with Gasteiger partial charge in [0.15, 0.2) is 17.9 Å². The minimum atomic E-state index is -1.35. The lowest BCUT2D eigenvalue weighted by Gasteiger charge is -2.36. The molecular weight excluding hydrogens is 1310 g/mol. The van der Waals surface area contributed by atoms with Crippen LogP contribution in [0.1, 0.15) is 149 Å². The number of hydrogen-bond acceptors (Lipinski definition) is 17. The van der Waals surface area contributed by atoms with Crippen molar-refractivity contribution in [2.24, 2.45) is 66.9 Å². The number of nitrogens with one attached hydrogen (secondary N) is 6. The van der Waals surface area contributed by atoms with Gasteiger partial charge in [-0.3, -0.25) is 67.7 Å². The maximum absolute atomic E-state index is 14.8. The molecule has 5 saturated heterocycles. The van der Waals surface area contributed by atoms with Crippen LogP contribution in [0.15, 0.2) is 39.2 Å². The summed E-state index contributed by atoms with van der Waals surface area (Å²) in [5.74, 6) is -9.07. The minimum absolute atomic E-state index is 0.0000210. The highest BCUT2D eigenvalue weighted by atomic mass is 16.4. The van der Waals surface area contributed by atoms with Crippen molar-refractivity contribution < 1.29 is 67.7 Å². The second kappa shape index (κ2) is 38.3. The molecular formula is C66H107N21O14. The summed E-state index contributed by atoms with van der Waals surface area (Å²) in [5.41, 5.74) is 39.7. The van der Waals surface area contributed by atoms with Crippen LogP contribution in [-0.4, -0.2) is 248 Å². The number of guanidine groups is 3. The Bertz CT molecular complexity index is 3190. The number of aliphatic carboxylic acids is 1. The highest BCUT2D eigenvalue weighted by molar-refractivity contribution is 6.00. The molecule has 0 aromatic heterocycles. The lowest BCUT2D eigenvalue weighted by Crippen LogP contribution is -2.60. The van der Waals surface area contributed by atoms with Gasteiger partial charge in [0.25, 0.3) is 0 Å². The average molecular weight is 1420 g/mol. The van der Waals surface area contributed by atoms with Gasteiger partial charge in [0.05, 0.1) is 6.04 Å². The predicted octanol–water partition coefficient (Wildman–Crippen LogP) is -3.91. The number of amides is 11. The van der Waals surface area contributed by atoms with Crippen molar-refractivity contribution in [2.75, 3.05) is 52.4 Å². The number of aliphatic imine (C=N–C) groups is 3. The van der Waals surface area contributed by atoms with E-state index in [1.807, 2.05) is 13.8 Å². The van der Waals surface area contributed by atoms with Crippen molar-refractivity contribution in [1.82, 2.24) is 56.4 Å². The Morgan fingerprint density at radius 3 is 1.28 bits per heavy atom. The summed E-state index contributed by atoms with van der Waals surface area (Å²) in [6, 6.07) is -7.29. The molecule has 11 amide bonds. The van der Waals surface area contributed by atoms with Gasteiger partial charge in [-0.05, 0) is 152 Å². The van der Waals surface area contributed by atoms with Gasteiger partial charge in [-0.15, -0.1) is 0 Å². The number of carbonyl (C=O) groups is 12. The second-order valence-corrected chi connectivity index (χ2v) is 27.4. The van der Waals surface area contributed by atoms with Gasteiger partial charge in [0.2, 0.25) is 65.0 Å². The standard InChI is InChI=1S/C66H107N21O14/c1-36(2)34-45(58(95)85-31-11-19-48(85)59(96)83-29-9-17-46(83)56(93)79-43(15-7-27-75-65(70)71)55(92)80-44(63(100)101)16-8-28-76-66(72)73)81-57(94)47-18-10-30-84(47)60(97)49-20-12-32-86(49)61(98)50-21-13-33-87(50)62(99)51(37(3)4)82-52(89)38(5)77-54(91)42(14-6-26-74-64(68)69)78-53(90)41(67)35-39-22-24-40(88)25-23-39/h22-25,36-38,41-51,88H,6-21,26-35,67H2,1-5H3,(H,77,91)(H,78,90)(H,79,93)(H,80,92)(H,81,94)(H,82,89)(H,100,101)(H4,68,69,74)(H4,70,71,75)(H4,72,73,76)/t38-,41-,42-,43-,44-,45-,46-,47-,48-,49-,50-,51-/m0/s1. The Labute approximate surface area is 588 Å². The van der Waals surface area contributed by atoms with E-state index in [-0.39, 0.29) is 165 Å². The molecule has 35 nitrogen and oxygen atoms in total. The molecule has 1 aromatic carbocycles. The topological polar surface area (TPSA) is 553 Å². The number of phenols is 1. The van der Waals surface area contributed by atoms with Crippen LogP contribution >= 0.6 is 0 Å². The Hall–Kier alpha value is -9.57. The van der Waals surface area contributed by atoms with Gasteiger partial charge in [0, 0.05) is 52.4 Å². The number of carbonyl (C=O) groups excluding carboxylic acids is 11. The van der Waals surface area contributed by atoms with Gasteiger partial charge in [-0.1, -0.05) is 39.8 Å². The molecule has 101 heavy (non-hydrogen) atoms. The highest BCUT2D eigenvalue weighted by Crippen LogP contribution is 2.31. The van der Waals surface area contributed by atoms with Crippen molar-refractivity contribution in [2.45, 2.75) is 223 Å². The van der Waals surface area contributed by atoms with Crippen LogP contribution in [0.4, 0.5) is 0 Å². The quantitative estimate of drug-likeness (QED) is 0.0175. The molecule has 5 heterocycles. The molecule has 0 spiro atoms. The van der Waals surface area contributed by atoms with E-state index in [1.165, 1.54) is 43.6 Å². The number of hydrogen-bond donors (Lipinski definition) is 15. The summed E-state index contributed by atoms with van der Waals surface area (Å²) in [6.07, 6.45) is 4.48. The summed E-state index contributed by atoms with van der Waals surface area (Å²) in [7, 11) is 0. The Balaban J connectivity index is 1.08. The van der Waals surface area contributed by atoms with Crippen LogP contribution in [-0.2, 0) is 64.0 Å². The molecule has 5 fully saturated rings. The maximum Gasteiger partial charge on any atom is 0.326 e. The van der Waals surface area contributed by atoms with Crippen molar-refractivity contribution in [3.8, 4) is 5.75 Å². The summed E-state index contributed by atoms with van der Waals surface area (Å²) >= 11 is 0. The van der Waals surface area contributed by atoms with Gasteiger partial charge in [-0.2, -0.15) is 0 Å². The Morgan fingerprint density at radius 2 is 0.842 bits per heavy atom. The third-order valence-corrected chi connectivity index (χ3v) is 18.9. The van der Waals surface area contributed by atoms with E-state index in [0.29, 0.717) is 37.7 Å². The molecule has 0 radical (unpaired) electrons. The van der Waals surface area contributed by atoms with Crippen molar-refractivity contribution in [3.05, 3.63) is 29.8 Å². The van der Waals surface area contributed by atoms with Crippen LogP contribution in [0.5, 0.6) is 5.75 Å². The third-order valence-electron chi connectivity index (χ3n) is 18.9. The maximum atomic E-state index is 14.8. The molecule has 35 heteroatoms. The van der Waals surface area contributed by atoms with Gasteiger partial charge >= 0.3 is 5.97 Å². The van der Waals surface area contributed by atoms with E-state index >= 15 is 0 Å². The first kappa shape index (κ1) is 80.4. The summed E-state index contributed by atoms with van der Waals surface area (Å²) in [5, 5.41) is 35.9. The zero-order valence-electron chi connectivity index (χ0n) is 58.7. The van der Waals surface area contributed by atoms with Crippen LogP contribution in [0.2, 0.25) is 0 Å². The average Bonchev–Trinajstić information content (AvgIpc) is 1.67. The highest BCUT2D eigenvalue weighted by Gasteiger charge is 2.49. The monoisotopic (exact) mass is 1420 g/mol. The summed E-state index contributed by atoms with van der Waals surface area (Å²) < 4.78 is 0. The number of rotatable bonds is 35. The molecule has 0 saturated carbocycles. The molecule has 5 aliphatic heterocycles. The molecule has 1 aromatic rings. The van der Waals surface area contributed by atoms with Gasteiger partial charge in [-0.25, -0.2) is 4.79 Å². The number of benzene rings is 1. The first-order chi connectivity index (χ1) is 47.9. The number of likely N-dealkylation sites (tertiary alicyclic amines) is 5. The van der Waals surface area contributed by atoms with Crippen LogP contribution in [0, 0.1) is 11.8 Å². The SMILES string of the molecule is CC(C)C[C@H](NC(=O)[C@@H]1CCCN1C(=O)[C@@H]1CCCN1C(=O)[C@@H]1CCCN1C(=O)[C@@H](NC(=O)[C@H](C)NC(=O)[C@H](CCCN=C(N)N)NC(=O)[C@@H](N)Cc1ccc(O)cc1)C(C)C)C(=O)N1CCC[C@H]1C(=O)N1CCC[C@H]1C(=O)N[C@@H](CCCN=C(N)N)C(=O)N[C@@H](CCCN=C(N)N)C(=O)O. The largest absolute Gasteiger partial charge is 0.508 e.